The van der Waals surface area contributed by atoms with Crippen molar-refractivity contribution in [3.05, 3.63) is 47.7 Å². The molecule has 0 unspecified atom stereocenters. The summed E-state index contributed by atoms with van der Waals surface area (Å²) < 4.78 is 0. The predicted molar refractivity (Wildman–Crippen MR) is 74.6 cm³/mol. The third-order valence-corrected chi connectivity index (χ3v) is 2.75. The van der Waals surface area contributed by atoms with Gasteiger partial charge >= 0.3 is 0 Å². The Morgan fingerprint density at radius 3 is 2.79 bits per heavy atom. The van der Waals surface area contributed by atoms with Crippen molar-refractivity contribution in [2.24, 2.45) is 0 Å². The highest BCUT2D eigenvalue weighted by Gasteiger charge is 2.12. The molecular formula is C14H15N3O2. The number of pyridine rings is 1. The van der Waals surface area contributed by atoms with Crippen LogP contribution in [-0.2, 0) is 0 Å². The summed E-state index contributed by atoms with van der Waals surface area (Å²) in [5.74, 6) is 0.454. The summed E-state index contributed by atoms with van der Waals surface area (Å²) in [5.41, 5.74) is 1.93. The van der Waals surface area contributed by atoms with Crippen LogP contribution in [0.25, 0.3) is 0 Å². The molecule has 0 radical (unpaired) electrons. The van der Waals surface area contributed by atoms with Crippen molar-refractivity contribution in [1.29, 1.82) is 0 Å². The molecule has 0 bridgehead atoms. The topological polar surface area (TPSA) is 74.2 Å². The Labute approximate surface area is 111 Å². The fraction of sp³-hybridized carbons (Fsp3) is 0.143. The van der Waals surface area contributed by atoms with Gasteiger partial charge in [-0.2, -0.15) is 0 Å². The molecule has 0 spiro atoms. The van der Waals surface area contributed by atoms with E-state index in [9.17, 15) is 9.90 Å². The van der Waals surface area contributed by atoms with E-state index in [-0.39, 0.29) is 11.7 Å². The maximum Gasteiger partial charge on any atom is 0.259 e. The van der Waals surface area contributed by atoms with Crippen molar-refractivity contribution in [3.8, 4) is 5.75 Å². The molecule has 0 saturated carbocycles. The second kappa shape index (κ2) is 5.39. The predicted octanol–water partition coefficient (Wildman–Crippen LogP) is 2.39. The van der Waals surface area contributed by atoms with Gasteiger partial charge in [0.2, 0.25) is 0 Å². The van der Waals surface area contributed by atoms with E-state index >= 15 is 0 Å². The summed E-state index contributed by atoms with van der Waals surface area (Å²) in [7, 11) is 1.71. The largest absolute Gasteiger partial charge is 0.508 e. The smallest absolute Gasteiger partial charge is 0.259 e. The molecule has 2 aromatic rings. The monoisotopic (exact) mass is 257 g/mol. The number of hydrogen-bond donors (Lipinski definition) is 3. The normalized spacial score (nSPS) is 10.0. The van der Waals surface area contributed by atoms with Crippen molar-refractivity contribution in [3.63, 3.8) is 0 Å². The van der Waals surface area contributed by atoms with Gasteiger partial charge in [0.25, 0.3) is 5.91 Å². The summed E-state index contributed by atoms with van der Waals surface area (Å²) in [6.07, 6.45) is 1.62. The van der Waals surface area contributed by atoms with E-state index < -0.39 is 0 Å². The average Bonchev–Trinajstić information content (AvgIpc) is 2.41. The third-order valence-electron chi connectivity index (χ3n) is 2.75. The van der Waals surface area contributed by atoms with Gasteiger partial charge < -0.3 is 15.7 Å². The van der Waals surface area contributed by atoms with Gasteiger partial charge in [-0.1, -0.05) is 0 Å². The summed E-state index contributed by atoms with van der Waals surface area (Å²) in [6.45, 7) is 1.82. The molecule has 0 aliphatic heterocycles. The number of rotatable bonds is 3. The molecular weight excluding hydrogens is 242 g/mol. The molecule has 19 heavy (non-hydrogen) atoms. The van der Waals surface area contributed by atoms with Gasteiger partial charge in [0, 0.05) is 18.9 Å². The number of phenolic OH excluding ortho intramolecular Hbond substituents is 1. The molecule has 98 valence electrons. The van der Waals surface area contributed by atoms with Crippen LogP contribution in [0.15, 0.2) is 36.5 Å². The Balaban J connectivity index is 2.26. The van der Waals surface area contributed by atoms with Crippen LogP contribution in [0.3, 0.4) is 0 Å². The fourth-order valence-corrected chi connectivity index (χ4v) is 1.77. The number of aromatic nitrogens is 1. The second-order valence-corrected chi connectivity index (χ2v) is 4.10. The van der Waals surface area contributed by atoms with Crippen LogP contribution in [0.2, 0.25) is 0 Å². The third kappa shape index (κ3) is 2.82. The first kappa shape index (κ1) is 12.9. The number of aryl methyl sites for hydroxylation is 1. The lowest BCUT2D eigenvalue weighted by atomic mass is 10.1. The molecule has 3 N–H and O–H groups in total. The van der Waals surface area contributed by atoms with Crippen LogP contribution in [0.5, 0.6) is 5.75 Å². The number of nitrogens with one attached hydrogen (secondary N) is 2. The van der Waals surface area contributed by atoms with Crippen LogP contribution in [-0.4, -0.2) is 23.0 Å². The van der Waals surface area contributed by atoms with Crippen molar-refractivity contribution >= 4 is 17.4 Å². The summed E-state index contributed by atoms with van der Waals surface area (Å²) in [6, 6.07) is 8.20. The Morgan fingerprint density at radius 1 is 1.32 bits per heavy atom. The molecule has 2 rings (SSSR count). The fourth-order valence-electron chi connectivity index (χ4n) is 1.77. The number of aromatic hydroxyl groups is 1. The average molecular weight is 257 g/mol. The van der Waals surface area contributed by atoms with E-state index in [4.69, 9.17) is 0 Å². The van der Waals surface area contributed by atoms with Gasteiger partial charge in [-0.3, -0.25) is 4.79 Å². The molecule has 1 amide bonds. The van der Waals surface area contributed by atoms with Gasteiger partial charge in [-0.25, -0.2) is 4.98 Å². The highest BCUT2D eigenvalue weighted by molar-refractivity contribution is 6.07. The summed E-state index contributed by atoms with van der Waals surface area (Å²) in [5, 5.41) is 15.0. The van der Waals surface area contributed by atoms with Crippen LogP contribution < -0.4 is 10.6 Å². The van der Waals surface area contributed by atoms with E-state index in [0.717, 1.165) is 5.56 Å². The van der Waals surface area contributed by atoms with Gasteiger partial charge in [0.15, 0.2) is 0 Å². The lowest BCUT2D eigenvalue weighted by molar-refractivity contribution is 0.102. The Kier molecular flexibility index (Phi) is 3.66. The SMILES string of the molecule is CNc1ncccc1C(=O)Nc1ccc(O)cc1C. The molecule has 1 heterocycles. The number of phenols is 1. The number of anilines is 2. The summed E-state index contributed by atoms with van der Waals surface area (Å²) >= 11 is 0. The van der Waals surface area contributed by atoms with Gasteiger partial charge in [0.1, 0.15) is 11.6 Å². The molecule has 0 saturated heterocycles. The number of hydrogen-bond acceptors (Lipinski definition) is 4. The lowest BCUT2D eigenvalue weighted by Gasteiger charge is -2.10. The number of amides is 1. The number of nitrogens with zero attached hydrogens (tertiary/aromatic N) is 1. The Morgan fingerprint density at radius 2 is 2.11 bits per heavy atom. The standard InChI is InChI=1S/C14H15N3O2/c1-9-8-10(18)5-6-12(9)17-14(19)11-4-3-7-16-13(11)15-2/h3-8,18H,1-2H3,(H,15,16)(H,17,19). The second-order valence-electron chi connectivity index (χ2n) is 4.10. The van der Waals surface area contributed by atoms with E-state index in [1.54, 1.807) is 37.5 Å². The molecule has 0 aliphatic carbocycles. The lowest BCUT2D eigenvalue weighted by Crippen LogP contribution is -2.15. The molecule has 5 heteroatoms. The zero-order chi connectivity index (χ0) is 13.8. The molecule has 0 atom stereocenters. The molecule has 5 nitrogen and oxygen atoms in total. The number of carbonyl (C=O) groups is 1. The van der Waals surface area contributed by atoms with Crippen molar-refractivity contribution in [1.82, 2.24) is 4.98 Å². The van der Waals surface area contributed by atoms with E-state index in [1.807, 2.05) is 6.92 Å². The Bertz CT molecular complexity index is 611. The molecule has 0 aliphatic rings. The zero-order valence-electron chi connectivity index (χ0n) is 10.8. The van der Waals surface area contributed by atoms with Crippen LogP contribution in [0.1, 0.15) is 15.9 Å². The zero-order valence-corrected chi connectivity index (χ0v) is 10.8. The van der Waals surface area contributed by atoms with E-state index in [2.05, 4.69) is 15.6 Å². The summed E-state index contributed by atoms with van der Waals surface area (Å²) in [4.78, 5) is 16.3. The number of benzene rings is 1. The first-order valence-electron chi connectivity index (χ1n) is 5.85. The van der Waals surface area contributed by atoms with Gasteiger partial charge in [-0.05, 0) is 42.8 Å². The number of carbonyl (C=O) groups excluding carboxylic acids is 1. The highest BCUT2D eigenvalue weighted by atomic mass is 16.3. The van der Waals surface area contributed by atoms with E-state index in [0.29, 0.717) is 17.1 Å². The Hall–Kier alpha value is -2.56. The van der Waals surface area contributed by atoms with Crippen LogP contribution in [0, 0.1) is 6.92 Å². The minimum Gasteiger partial charge on any atom is -0.508 e. The first-order valence-corrected chi connectivity index (χ1v) is 5.85. The highest BCUT2D eigenvalue weighted by Crippen LogP contribution is 2.21. The van der Waals surface area contributed by atoms with Crippen molar-refractivity contribution in [2.75, 3.05) is 17.7 Å². The molecule has 1 aromatic heterocycles. The van der Waals surface area contributed by atoms with Crippen molar-refractivity contribution < 1.29 is 9.90 Å². The minimum atomic E-state index is -0.244. The molecule has 0 fully saturated rings. The quantitative estimate of drug-likeness (QED) is 0.738. The van der Waals surface area contributed by atoms with Gasteiger partial charge in [0.05, 0.1) is 5.56 Å². The van der Waals surface area contributed by atoms with Crippen LogP contribution in [0.4, 0.5) is 11.5 Å². The molecule has 1 aromatic carbocycles. The maximum absolute atomic E-state index is 12.2. The maximum atomic E-state index is 12.2. The van der Waals surface area contributed by atoms with Crippen molar-refractivity contribution in [2.45, 2.75) is 6.92 Å². The van der Waals surface area contributed by atoms with E-state index in [1.165, 1.54) is 6.07 Å². The minimum absolute atomic E-state index is 0.174. The van der Waals surface area contributed by atoms with Gasteiger partial charge in [-0.15, -0.1) is 0 Å². The van der Waals surface area contributed by atoms with Crippen LogP contribution >= 0.6 is 0 Å². The first-order chi connectivity index (χ1) is 9.11.